The van der Waals surface area contributed by atoms with E-state index in [1.807, 2.05) is 27.7 Å². The Balaban J connectivity index is 4.69. The summed E-state index contributed by atoms with van der Waals surface area (Å²) in [6.45, 7) is 7.42. The van der Waals surface area contributed by atoms with Gasteiger partial charge in [0.25, 0.3) is 0 Å². The summed E-state index contributed by atoms with van der Waals surface area (Å²) < 4.78 is 10.1. The number of methoxy groups -OCH3 is 1. The van der Waals surface area contributed by atoms with Crippen LogP contribution < -0.4 is 0 Å². The molecule has 0 N–H and O–H groups in total. The van der Waals surface area contributed by atoms with Gasteiger partial charge in [0, 0.05) is 18.6 Å². The molecule has 1 unspecified atom stereocenters. The lowest BCUT2D eigenvalue weighted by atomic mass is 9.90. The molecule has 0 spiro atoms. The minimum atomic E-state index is -0.387. The van der Waals surface area contributed by atoms with Crippen LogP contribution in [0.25, 0.3) is 0 Å². The van der Waals surface area contributed by atoms with E-state index < -0.39 is 0 Å². The lowest BCUT2D eigenvalue weighted by molar-refractivity contribution is -0.121. The zero-order valence-corrected chi connectivity index (χ0v) is 10.6. The van der Waals surface area contributed by atoms with Gasteiger partial charge in [-0.05, 0) is 6.92 Å². The summed E-state index contributed by atoms with van der Waals surface area (Å²) in [6, 6.07) is 0. The average molecular weight is 212 g/mol. The molecular weight excluding hydrogens is 195 g/mol. The number of hydrogen-bond acceptors (Lipinski definition) is 3. The summed E-state index contributed by atoms with van der Waals surface area (Å²) in [5.41, 5.74) is -0.387. The molecule has 0 aromatic carbocycles. The maximum Gasteiger partial charge on any atom is 0.481 e. The molecule has 78 valence electrons. The van der Waals surface area contributed by atoms with E-state index in [-0.39, 0.29) is 17.3 Å². The van der Waals surface area contributed by atoms with Crippen molar-refractivity contribution in [3.8, 4) is 0 Å². The summed E-state index contributed by atoms with van der Waals surface area (Å²) in [4.78, 5) is 11.6. The number of ketones is 1. The van der Waals surface area contributed by atoms with Gasteiger partial charge < -0.3 is 8.53 Å². The Labute approximate surface area is 94.2 Å². The van der Waals surface area contributed by atoms with E-state index in [9.17, 15) is 4.79 Å². The Morgan fingerprint density at radius 1 is 1.43 bits per heavy atom. The van der Waals surface area contributed by atoms with E-state index in [4.69, 9.17) is 8.53 Å². The van der Waals surface area contributed by atoms with E-state index in [2.05, 4.69) is 16.6 Å². The number of rotatable bonds is 4. The molecule has 2 radical (unpaired) electrons. The smallest absolute Gasteiger partial charge is 0.481 e. The lowest BCUT2D eigenvalue weighted by Gasteiger charge is -2.18. The van der Waals surface area contributed by atoms with Crippen molar-refractivity contribution in [2.45, 2.75) is 33.8 Å². The number of carbonyl (C=O) groups excluding carboxylic acids is 1. The zero-order valence-electron chi connectivity index (χ0n) is 9.46. The van der Waals surface area contributed by atoms with Crippen molar-refractivity contribution in [3.05, 3.63) is 11.8 Å². The number of hydrogen-bond donors (Lipinski definition) is 0. The summed E-state index contributed by atoms with van der Waals surface area (Å²) in [5.74, 6) is 0.552. The van der Waals surface area contributed by atoms with Gasteiger partial charge in [0.15, 0.2) is 5.78 Å². The molecule has 3 nitrogen and oxygen atoms in total. The van der Waals surface area contributed by atoms with Gasteiger partial charge in [-0.2, -0.15) is 0 Å². The molecule has 0 heterocycles. The molecule has 0 aliphatic heterocycles. The second-order valence-electron chi connectivity index (χ2n) is 4.16. The molecule has 0 rings (SSSR count). The summed E-state index contributed by atoms with van der Waals surface area (Å²) in [6.07, 6.45) is 1.28. The molecule has 14 heavy (non-hydrogen) atoms. The van der Waals surface area contributed by atoms with Crippen LogP contribution in [0.4, 0.5) is 0 Å². The maximum atomic E-state index is 11.6. The molecule has 4 heteroatoms. The predicted molar refractivity (Wildman–Crippen MR) is 55.9 cm³/mol. The molecule has 0 amide bonds. The standard InChI is InChI=1S/C10H18O3.Al/c1-7(13-5)8(11)6-9(12)10(2,3)4;/h6-7,11H,1-5H3;/q;+1/p-1/b8-6-;. The first-order chi connectivity index (χ1) is 6.32. The monoisotopic (exact) mass is 212 g/mol. The van der Waals surface area contributed by atoms with Crippen molar-refractivity contribution in [1.82, 2.24) is 0 Å². The van der Waals surface area contributed by atoms with Gasteiger partial charge in [0.1, 0.15) is 6.10 Å². The van der Waals surface area contributed by atoms with Crippen LogP contribution in [-0.4, -0.2) is 35.6 Å². The minimum Gasteiger partial charge on any atom is -0.655 e. The first kappa shape index (κ1) is 13.7. The van der Waals surface area contributed by atoms with E-state index in [0.29, 0.717) is 5.76 Å². The Kier molecular flexibility index (Phi) is 5.43. The molecule has 0 aliphatic rings. The van der Waals surface area contributed by atoms with Crippen LogP contribution >= 0.6 is 0 Å². The minimum absolute atomic E-state index is 0.0267. The van der Waals surface area contributed by atoms with Crippen LogP contribution in [0.5, 0.6) is 0 Å². The van der Waals surface area contributed by atoms with Gasteiger partial charge in [0.2, 0.25) is 0 Å². The van der Waals surface area contributed by atoms with Gasteiger partial charge in [-0.25, -0.2) is 0 Å². The second kappa shape index (κ2) is 5.55. The van der Waals surface area contributed by atoms with Gasteiger partial charge in [-0.15, -0.1) is 0 Å². The van der Waals surface area contributed by atoms with Gasteiger partial charge in [-0.1, -0.05) is 20.8 Å². The third kappa shape index (κ3) is 4.28. The van der Waals surface area contributed by atoms with Crippen LogP contribution in [0, 0.1) is 5.41 Å². The Morgan fingerprint density at radius 3 is 2.21 bits per heavy atom. The molecular formula is C10H17AlO3. The van der Waals surface area contributed by atoms with Gasteiger partial charge >= 0.3 is 16.6 Å². The van der Waals surface area contributed by atoms with Crippen LogP contribution in [0.15, 0.2) is 11.8 Å². The van der Waals surface area contributed by atoms with Crippen molar-refractivity contribution < 1.29 is 13.3 Å². The fraction of sp³-hybridized carbons (Fsp3) is 0.700. The topological polar surface area (TPSA) is 35.5 Å². The Morgan fingerprint density at radius 2 is 1.93 bits per heavy atom. The van der Waals surface area contributed by atoms with Gasteiger partial charge in [-0.3, -0.25) is 4.79 Å². The van der Waals surface area contributed by atoms with Crippen LogP contribution in [0.2, 0.25) is 0 Å². The van der Waals surface area contributed by atoms with Crippen LogP contribution in [0.1, 0.15) is 27.7 Å². The number of ether oxygens (including phenoxy) is 1. The van der Waals surface area contributed by atoms with Crippen molar-refractivity contribution in [2.24, 2.45) is 5.41 Å². The highest BCUT2D eigenvalue weighted by Gasteiger charge is 2.20. The molecule has 0 aromatic heterocycles. The Bertz CT molecular complexity index is 228. The zero-order chi connectivity index (χ0) is 11.4. The highest BCUT2D eigenvalue weighted by atomic mass is 27.1. The third-order valence-corrected chi connectivity index (χ3v) is 2.18. The lowest BCUT2D eigenvalue weighted by Crippen LogP contribution is -2.20. The highest BCUT2D eigenvalue weighted by molar-refractivity contribution is 6.00. The fourth-order valence-electron chi connectivity index (χ4n) is 0.709. The largest absolute Gasteiger partial charge is 0.655 e. The van der Waals surface area contributed by atoms with E-state index in [0.717, 1.165) is 0 Å². The number of allylic oxidation sites excluding steroid dienone is 1. The molecule has 0 bridgehead atoms. The fourth-order valence-corrected chi connectivity index (χ4v) is 0.969. The van der Waals surface area contributed by atoms with Crippen molar-refractivity contribution in [3.63, 3.8) is 0 Å². The summed E-state index contributed by atoms with van der Waals surface area (Å²) in [7, 11) is 1.57. The molecule has 0 saturated heterocycles. The maximum absolute atomic E-state index is 11.6. The molecule has 0 aliphatic carbocycles. The van der Waals surface area contributed by atoms with E-state index in [1.165, 1.54) is 6.08 Å². The second-order valence-corrected chi connectivity index (χ2v) is 4.39. The summed E-state index contributed by atoms with van der Waals surface area (Å²) >= 11 is 2.12. The van der Waals surface area contributed by atoms with Crippen molar-refractivity contribution in [2.75, 3.05) is 7.11 Å². The van der Waals surface area contributed by atoms with Gasteiger partial charge in [0.05, 0.1) is 5.76 Å². The summed E-state index contributed by atoms with van der Waals surface area (Å²) in [5, 5.41) is 0. The van der Waals surface area contributed by atoms with Crippen molar-refractivity contribution >= 4 is 22.4 Å². The molecule has 1 atom stereocenters. The van der Waals surface area contributed by atoms with E-state index in [1.54, 1.807) is 7.11 Å². The van der Waals surface area contributed by atoms with Crippen LogP contribution in [0.3, 0.4) is 0 Å². The van der Waals surface area contributed by atoms with E-state index >= 15 is 0 Å². The normalized spacial score (nSPS) is 15.1. The highest BCUT2D eigenvalue weighted by Crippen LogP contribution is 2.17. The SMILES string of the molecule is COC(C)/C(=C/C(=O)C(C)(C)C)[O][Al]. The quantitative estimate of drug-likeness (QED) is 0.403. The number of carbonyl (C=O) groups is 1. The first-order valence-electron chi connectivity index (χ1n) is 4.48. The predicted octanol–water partition coefficient (Wildman–Crippen LogP) is 1.62. The molecule has 0 aromatic rings. The van der Waals surface area contributed by atoms with Crippen LogP contribution in [-0.2, 0) is 13.3 Å². The average Bonchev–Trinajstić information content (AvgIpc) is 2.10. The third-order valence-electron chi connectivity index (χ3n) is 1.90. The Hall–Kier alpha value is -0.298. The molecule has 0 fully saturated rings. The molecule has 0 saturated carbocycles. The van der Waals surface area contributed by atoms with Crippen molar-refractivity contribution in [1.29, 1.82) is 0 Å². The first-order valence-corrected chi connectivity index (χ1v) is 4.95.